The van der Waals surface area contributed by atoms with Crippen LogP contribution in [-0.2, 0) is 11.8 Å². The summed E-state index contributed by atoms with van der Waals surface area (Å²) in [5, 5.41) is 12.0. The molecule has 10 heteroatoms. The van der Waals surface area contributed by atoms with Gasteiger partial charge in [-0.05, 0) is 36.5 Å². The van der Waals surface area contributed by atoms with Crippen LogP contribution in [0.1, 0.15) is 16.1 Å². The Morgan fingerprint density at radius 2 is 2.04 bits per heavy atom. The predicted octanol–water partition coefficient (Wildman–Crippen LogP) is 2.48. The molecule has 0 spiro atoms. The van der Waals surface area contributed by atoms with Crippen LogP contribution in [0.2, 0.25) is 0 Å². The lowest BCUT2D eigenvalue weighted by atomic mass is 10.2. The molecule has 3 rings (SSSR count). The number of nitro benzene ring substituents is 1. The fourth-order valence-electron chi connectivity index (χ4n) is 2.31. The SMILES string of the molecule is Cn1cccc1/C=C1\SC(=S)N(NC(=O)c2ccccc2[N+](=O)[O-])C1=O. The van der Waals surface area contributed by atoms with E-state index >= 15 is 0 Å². The summed E-state index contributed by atoms with van der Waals surface area (Å²) in [6.45, 7) is 0. The van der Waals surface area contributed by atoms with Crippen molar-refractivity contribution < 1.29 is 14.5 Å². The molecule has 0 saturated carbocycles. The van der Waals surface area contributed by atoms with Crippen molar-refractivity contribution >= 4 is 51.9 Å². The smallest absolute Gasteiger partial charge is 0.285 e. The third-order valence-electron chi connectivity index (χ3n) is 3.62. The zero-order valence-electron chi connectivity index (χ0n) is 13.4. The van der Waals surface area contributed by atoms with Crippen molar-refractivity contribution in [3.8, 4) is 0 Å². The highest BCUT2D eigenvalue weighted by molar-refractivity contribution is 8.26. The van der Waals surface area contributed by atoms with E-state index in [0.29, 0.717) is 4.91 Å². The summed E-state index contributed by atoms with van der Waals surface area (Å²) in [6.07, 6.45) is 3.50. The normalized spacial score (nSPS) is 15.6. The molecule has 1 fully saturated rings. The molecule has 1 aliphatic heterocycles. The molecule has 1 aliphatic rings. The van der Waals surface area contributed by atoms with E-state index < -0.39 is 16.7 Å². The van der Waals surface area contributed by atoms with Crippen LogP contribution in [0.4, 0.5) is 5.69 Å². The van der Waals surface area contributed by atoms with E-state index in [1.54, 1.807) is 6.08 Å². The molecule has 1 saturated heterocycles. The first-order chi connectivity index (χ1) is 12.4. The number of para-hydroxylation sites is 1. The Balaban J connectivity index is 1.83. The molecule has 0 aliphatic carbocycles. The summed E-state index contributed by atoms with van der Waals surface area (Å²) in [6, 6.07) is 9.15. The maximum absolute atomic E-state index is 12.5. The Kier molecular flexibility index (Phi) is 4.87. The molecule has 0 unspecified atom stereocenters. The lowest BCUT2D eigenvalue weighted by Crippen LogP contribution is -2.45. The van der Waals surface area contributed by atoms with Crippen molar-refractivity contribution in [1.29, 1.82) is 0 Å². The van der Waals surface area contributed by atoms with Gasteiger partial charge in [-0.2, -0.15) is 5.01 Å². The Bertz CT molecular complexity index is 967. The second-order valence-corrected chi connectivity index (χ2v) is 6.95. The highest BCUT2D eigenvalue weighted by Gasteiger charge is 2.34. The van der Waals surface area contributed by atoms with Gasteiger partial charge in [0.15, 0.2) is 4.32 Å². The van der Waals surface area contributed by atoms with Gasteiger partial charge in [-0.25, -0.2) is 0 Å². The molecular formula is C16H12N4O4S2. The van der Waals surface area contributed by atoms with Crippen molar-refractivity contribution in [2.75, 3.05) is 0 Å². The number of benzene rings is 1. The van der Waals surface area contributed by atoms with Gasteiger partial charge in [-0.1, -0.05) is 23.9 Å². The number of nitro groups is 1. The molecule has 2 amide bonds. The maximum Gasteiger partial charge on any atom is 0.285 e. The number of rotatable bonds is 4. The minimum absolute atomic E-state index is 0.141. The number of thiocarbonyl (C=S) groups is 1. The van der Waals surface area contributed by atoms with Crippen LogP contribution < -0.4 is 5.43 Å². The van der Waals surface area contributed by atoms with E-state index in [4.69, 9.17) is 12.2 Å². The van der Waals surface area contributed by atoms with Crippen molar-refractivity contribution in [2.45, 2.75) is 0 Å². The van der Waals surface area contributed by atoms with E-state index in [-0.39, 0.29) is 15.6 Å². The number of nitrogens with zero attached hydrogens (tertiary/aromatic N) is 3. The predicted molar refractivity (Wildman–Crippen MR) is 101 cm³/mol. The standard InChI is InChI=1S/C16H12N4O4S2/c1-18-8-4-5-10(18)9-13-15(22)19(16(25)26-13)17-14(21)11-6-2-3-7-12(11)20(23)24/h2-9H,1H3,(H,17,21)/b13-9-. The van der Waals surface area contributed by atoms with Gasteiger partial charge < -0.3 is 4.57 Å². The number of hydrogen-bond acceptors (Lipinski definition) is 6. The molecule has 8 nitrogen and oxygen atoms in total. The summed E-state index contributed by atoms with van der Waals surface area (Å²) in [5.41, 5.74) is 2.64. The average molecular weight is 388 g/mol. The molecule has 1 aromatic heterocycles. The zero-order valence-corrected chi connectivity index (χ0v) is 15.0. The molecule has 26 heavy (non-hydrogen) atoms. The largest absolute Gasteiger partial charge is 0.351 e. The van der Waals surface area contributed by atoms with Crippen LogP contribution in [0.15, 0.2) is 47.5 Å². The monoisotopic (exact) mass is 388 g/mol. The molecule has 2 aromatic rings. The van der Waals surface area contributed by atoms with Gasteiger partial charge in [0.05, 0.1) is 9.83 Å². The van der Waals surface area contributed by atoms with Gasteiger partial charge in [0.25, 0.3) is 17.5 Å². The zero-order chi connectivity index (χ0) is 18.8. The number of nitrogens with one attached hydrogen (secondary N) is 1. The fraction of sp³-hybridized carbons (Fsp3) is 0.0625. The number of hydrazine groups is 1. The second-order valence-electron chi connectivity index (χ2n) is 5.28. The number of hydrogen-bond donors (Lipinski definition) is 1. The molecule has 0 bridgehead atoms. The third kappa shape index (κ3) is 3.37. The van der Waals surface area contributed by atoms with Gasteiger partial charge in [0, 0.05) is 25.0 Å². The Labute approximate surface area is 157 Å². The summed E-state index contributed by atoms with van der Waals surface area (Å²) >= 11 is 6.19. The summed E-state index contributed by atoms with van der Waals surface area (Å²) < 4.78 is 1.97. The topological polar surface area (TPSA) is 97.5 Å². The second kappa shape index (κ2) is 7.10. The molecule has 0 atom stereocenters. The van der Waals surface area contributed by atoms with Gasteiger partial charge in [-0.3, -0.25) is 25.1 Å². The molecular weight excluding hydrogens is 376 g/mol. The van der Waals surface area contributed by atoms with E-state index in [0.717, 1.165) is 22.5 Å². The first-order valence-electron chi connectivity index (χ1n) is 7.32. The number of aryl methyl sites for hydroxylation is 1. The van der Waals surface area contributed by atoms with Gasteiger partial charge in [0.1, 0.15) is 5.56 Å². The van der Waals surface area contributed by atoms with Crippen LogP contribution in [0.5, 0.6) is 0 Å². The number of carbonyl (C=O) groups excluding carboxylic acids is 2. The fourth-order valence-corrected chi connectivity index (χ4v) is 3.47. The molecule has 0 radical (unpaired) electrons. The molecule has 2 heterocycles. The van der Waals surface area contributed by atoms with Crippen LogP contribution in [0, 0.1) is 10.1 Å². The lowest BCUT2D eigenvalue weighted by Gasteiger charge is -2.15. The van der Waals surface area contributed by atoms with Crippen molar-refractivity contribution in [2.24, 2.45) is 7.05 Å². The number of carbonyl (C=O) groups is 2. The van der Waals surface area contributed by atoms with E-state index in [2.05, 4.69) is 5.43 Å². The van der Waals surface area contributed by atoms with E-state index in [1.807, 2.05) is 29.9 Å². The minimum Gasteiger partial charge on any atom is -0.351 e. The number of amides is 2. The van der Waals surface area contributed by atoms with Crippen molar-refractivity contribution in [3.05, 3.63) is 68.9 Å². The first kappa shape index (κ1) is 17.8. The van der Waals surface area contributed by atoms with Gasteiger partial charge >= 0.3 is 0 Å². The Morgan fingerprint density at radius 1 is 1.31 bits per heavy atom. The lowest BCUT2D eigenvalue weighted by molar-refractivity contribution is -0.385. The Hall–Kier alpha value is -2.98. The van der Waals surface area contributed by atoms with Crippen LogP contribution >= 0.6 is 24.0 Å². The van der Waals surface area contributed by atoms with E-state index in [9.17, 15) is 19.7 Å². The number of aromatic nitrogens is 1. The summed E-state index contributed by atoms with van der Waals surface area (Å²) in [7, 11) is 1.84. The summed E-state index contributed by atoms with van der Waals surface area (Å²) in [4.78, 5) is 35.7. The third-order valence-corrected chi connectivity index (χ3v) is 4.92. The van der Waals surface area contributed by atoms with Crippen LogP contribution in [0.3, 0.4) is 0 Å². The highest BCUT2D eigenvalue weighted by Crippen LogP contribution is 2.31. The van der Waals surface area contributed by atoms with E-state index in [1.165, 1.54) is 24.3 Å². The molecule has 132 valence electrons. The van der Waals surface area contributed by atoms with Crippen molar-refractivity contribution in [3.63, 3.8) is 0 Å². The van der Waals surface area contributed by atoms with Crippen LogP contribution in [0.25, 0.3) is 6.08 Å². The Morgan fingerprint density at radius 3 is 2.69 bits per heavy atom. The molecule has 1 N–H and O–H groups in total. The highest BCUT2D eigenvalue weighted by atomic mass is 32.2. The average Bonchev–Trinajstić information content (AvgIpc) is 3.13. The van der Waals surface area contributed by atoms with Crippen LogP contribution in [-0.4, -0.2) is 30.6 Å². The minimum atomic E-state index is -0.784. The molecule has 1 aromatic carbocycles. The number of thioether (sulfide) groups is 1. The maximum atomic E-state index is 12.5. The first-order valence-corrected chi connectivity index (χ1v) is 8.54. The quantitative estimate of drug-likeness (QED) is 0.374. The van der Waals surface area contributed by atoms with Gasteiger partial charge in [0.2, 0.25) is 0 Å². The summed E-state index contributed by atoms with van der Waals surface area (Å²) in [5.74, 6) is -1.28. The van der Waals surface area contributed by atoms with Crippen molar-refractivity contribution in [1.82, 2.24) is 15.0 Å². The van der Waals surface area contributed by atoms with Gasteiger partial charge in [-0.15, -0.1) is 0 Å².